The Bertz CT molecular complexity index is 695. The monoisotopic (exact) mass is 269 g/mol. The summed E-state index contributed by atoms with van der Waals surface area (Å²) in [7, 11) is 1.69. The average Bonchev–Trinajstić information content (AvgIpc) is 3.01. The zero-order valence-corrected chi connectivity index (χ0v) is 11.2. The van der Waals surface area contributed by atoms with Gasteiger partial charge in [-0.1, -0.05) is 35.5 Å². The normalized spacial score (nSPS) is 10.8. The number of benzene rings is 2. The van der Waals surface area contributed by atoms with Crippen molar-refractivity contribution in [1.29, 1.82) is 0 Å². The summed E-state index contributed by atoms with van der Waals surface area (Å²) >= 11 is 0. The zero-order chi connectivity index (χ0) is 13.8. The van der Waals surface area contributed by atoms with E-state index >= 15 is 0 Å². The molecule has 0 radical (unpaired) electrons. The summed E-state index contributed by atoms with van der Waals surface area (Å²) in [4.78, 5) is 3.98. The summed E-state index contributed by atoms with van der Waals surface area (Å²) < 4.78 is 10.1. The van der Waals surface area contributed by atoms with Crippen molar-refractivity contribution in [2.75, 3.05) is 7.11 Å². The smallest absolute Gasteiger partial charge is 0.213 e. The Balaban J connectivity index is 1.81. The molecular formula is C15H15N3O2. The molecule has 5 heteroatoms. The van der Waals surface area contributed by atoms with Crippen LogP contribution >= 0.6 is 0 Å². The first-order chi connectivity index (χ1) is 9.88. The predicted octanol–water partition coefficient (Wildman–Crippen LogP) is 2.52. The third kappa shape index (κ3) is 2.48. The second-order valence-electron chi connectivity index (χ2n) is 4.42. The third-order valence-corrected chi connectivity index (χ3v) is 3.20. The van der Waals surface area contributed by atoms with Crippen molar-refractivity contribution < 1.29 is 9.26 Å². The van der Waals surface area contributed by atoms with Gasteiger partial charge in [0.25, 0.3) is 0 Å². The van der Waals surface area contributed by atoms with Crippen LogP contribution in [0.15, 0.2) is 47.3 Å². The van der Waals surface area contributed by atoms with Crippen LogP contribution in [0, 0.1) is 0 Å². The fraction of sp³-hybridized carbons (Fsp3) is 0.200. The van der Waals surface area contributed by atoms with Gasteiger partial charge in [0.05, 0.1) is 13.7 Å². The van der Waals surface area contributed by atoms with E-state index in [2.05, 4.69) is 33.7 Å². The molecule has 3 rings (SSSR count). The van der Waals surface area contributed by atoms with E-state index in [1.54, 1.807) is 7.11 Å². The maximum absolute atomic E-state index is 5.39. The number of fused-ring (bicyclic) bond motifs is 1. The fourth-order valence-corrected chi connectivity index (χ4v) is 2.25. The van der Waals surface area contributed by atoms with Gasteiger partial charge in [0.2, 0.25) is 6.39 Å². The van der Waals surface area contributed by atoms with Gasteiger partial charge in [0, 0.05) is 11.9 Å². The summed E-state index contributed by atoms with van der Waals surface area (Å²) in [6.45, 7) is 1.32. The third-order valence-electron chi connectivity index (χ3n) is 3.20. The number of ether oxygens (including phenoxy) is 1. The highest BCUT2D eigenvalue weighted by atomic mass is 16.5. The van der Waals surface area contributed by atoms with E-state index in [4.69, 9.17) is 9.26 Å². The number of nitrogens with one attached hydrogen (secondary N) is 1. The highest BCUT2D eigenvalue weighted by Gasteiger charge is 2.06. The van der Waals surface area contributed by atoms with Gasteiger partial charge in [-0.05, 0) is 17.0 Å². The van der Waals surface area contributed by atoms with Crippen molar-refractivity contribution in [3.63, 3.8) is 0 Å². The quantitative estimate of drug-likeness (QED) is 0.771. The van der Waals surface area contributed by atoms with Gasteiger partial charge >= 0.3 is 0 Å². The molecule has 0 unspecified atom stereocenters. The Morgan fingerprint density at radius 2 is 1.95 bits per heavy atom. The van der Waals surface area contributed by atoms with E-state index in [0.717, 1.165) is 17.7 Å². The summed E-state index contributed by atoms with van der Waals surface area (Å²) in [5, 5.41) is 9.38. The molecule has 1 heterocycles. The Hall–Kier alpha value is -2.40. The van der Waals surface area contributed by atoms with Gasteiger partial charge in [0.1, 0.15) is 5.75 Å². The first-order valence-electron chi connectivity index (χ1n) is 6.39. The zero-order valence-electron chi connectivity index (χ0n) is 11.2. The van der Waals surface area contributed by atoms with Crippen LogP contribution < -0.4 is 10.1 Å². The Kier molecular flexibility index (Phi) is 3.60. The number of methoxy groups -OCH3 is 1. The van der Waals surface area contributed by atoms with Crippen molar-refractivity contribution >= 4 is 10.8 Å². The van der Waals surface area contributed by atoms with Crippen LogP contribution in [-0.2, 0) is 13.1 Å². The lowest BCUT2D eigenvalue weighted by Crippen LogP contribution is -2.14. The summed E-state index contributed by atoms with van der Waals surface area (Å²) in [6, 6.07) is 12.3. The molecule has 0 aliphatic rings. The van der Waals surface area contributed by atoms with Crippen LogP contribution in [0.3, 0.4) is 0 Å². The highest BCUT2D eigenvalue weighted by molar-refractivity contribution is 5.91. The Morgan fingerprint density at radius 3 is 2.70 bits per heavy atom. The van der Waals surface area contributed by atoms with Crippen molar-refractivity contribution in [2.24, 2.45) is 0 Å². The average molecular weight is 269 g/mol. The minimum absolute atomic E-state index is 0.580. The summed E-state index contributed by atoms with van der Waals surface area (Å²) in [6.07, 6.45) is 1.33. The van der Waals surface area contributed by atoms with Crippen molar-refractivity contribution in [3.05, 3.63) is 54.2 Å². The topological polar surface area (TPSA) is 60.2 Å². The van der Waals surface area contributed by atoms with Crippen LogP contribution in [0.1, 0.15) is 11.4 Å². The lowest BCUT2D eigenvalue weighted by Gasteiger charge is -2.10. The maximum Gasteiger partial charge on any atom is 0.213 e. The van der Waals surface area contributed by atoms with Gasteiger partial charge in [0.15, 0.2) is 5.82 Å². The van der Waals surface area contributed by atoms with Gasteiger partial charge in [-0.3, -0.25) is 0 Å². The standard InChI is InChI=1S/C15H15N3O2/c1-19-14-7-6-11(12-4-2-3-5-13(12)14)8-16-9-15-17-10-20-18-15/h2-7,10,16H,8-9H2,1H3. The molecule has 2 aromatic carbocycles. The van der Waals surface area contributed by atoms with E-state index < -0.39 is 0 Å². The fourth-order valence-electron chi connectivity index (χ4n) is 2.25. The largest absolute Gasteiger partial charge is 0.496 e. The van der Waals surface area contributed by atoms with E-state index in [-0.39, 0.29) is 0 Å². The second kappa shape index (κ2) is 5.71. The number of hydrogen-bond donors (Lipinski definition) is 1. The summed E-state index contributed by atoms with van der Waals surface area (Å²) in [5.41, 5.74) is 1.21. The number of nitrogens with zero attached hydrogens (tertiary/aromatic N) is 2. The Labute approximate surface area is 116 Å². The van der Waals surface area contributed by atoms with Crippen molar-refractivity contribution in [1.82, 2.24) is 15.5 Å². The molecule has 0 aliphatic carbocycles. The van der Waals surface area contributed by atoms with Crippen LogP contribution in [0.25, 0.3) is 10.8 Å². The molecule has 0 saturated carbocycles. The van der Waals surface area contributed by atoms with Crippen LogP contribution in [0.4, 0.5) is 0 Å². The van der Waals surface area contributed by atoms with Crippen LogP contribution in [-0.4, -0.2) is 17.3 Å². The molecule has 0 saturated heterocycles. The molecule has 0 aliphatic heterocycles. The van der Waals surface area contributed by atoms with Gasteiger partial charge in [-0.25, -0.2) is 0 Å². The molecule has 5 nitrogen and oxygen atoms in total. The number of hydrogen-bond acceptors (Lipinski definition) is 5. The van der Waals surface area contributed by atoms with Crippen molar-refractivity contribution in [3.8, 4) is 5.75 Å². The number of aromatic nitrogens is 2. The summed E-state index contributed by atoms with van der Waals surface area (Å²) in [5.74, 6) is 1.55. The molecule has 0 bridgehead atoms. The molecule has 102 valence electrons. The highest BCUT2D eigenvalue weighted by Crippen LogP contribution is 2.28. The predicted molar refractivity (Wildman–Crippen MR) is 75.3 cm³/mol. The number of rotatable bonds is 5. The van der Waals surface area contributed by atoms with E-state index in [1.165, 1.54) is 17.3 Å². The molecule has 0 amide bonds. The maximum atomic E-state index is 5.39. The van der Waals surface area contributed by atoms with Crippen molar-refractivity contribution in [2.45, 2.75) is 13.1 Å². The SMILES string of the molecule is COc1ccc(CNCc2ncon2)c2ccccc12. The molecule has 3 aromatic rings. The molecule has 1 aromatic heterocycles. The lowest BCUT2D eigenvalue weighted by molar-refractivity contribution is 0.407. The molecule has 1 N–H and O–H groups in total. The van der Waals surface area contributed by atoms with E-state index in [1.807, 2.05) is 18.2 Å². The minimum atomic E-state index is 0.580. The van der Waals surface area contributed by atoms with Gasteiger partial charge < -0.3 is 14.6 Å². The first-order valence-corrected chi connectivity index (χ1v) is 6.39. The molecular weight excluding hydrogens is 254 g/mol. The molecule has 0 spiro atoms. The molecule has 20 heavy (non-hydrogen) atoms. The second-order valence-corrected chi connectivity index (χ2v) is 4.42. The van der Waals surface area contributed by atoms with E-state index in [0.29, 0.717) is 12.4 Å². The van der Waals surface area contributed by atoms with Gasteiger partial charge in [-0.2, -0.15) is 4.98 Å². The molecule has 0 fully saturated rings. The van der Waals surface area contributed by atoms with E-state index in [9.17, 15) is 0 Å². The molecule has 0 atom stereocenters. The van der Waals surface area contributed by atoms with Crippen LogP contribution in [0.5, 0.6) is 5.75 Å². The Morgan fingerprint density at radius 1 is 1.10 bits per heavy atom. The first kappa shape index (κ1) is 12.6. The van der Waals surface area contributed by atoms with Crippen LogP contribution in [0.2, 0.25) is 0 Å². The lowest BCUT2D eigenvalue weighted by atomic mass is 10.0. The minimum Gasteiger partial charge on any atom is -0.496 e. The van der Waals surface area contributed by atoms with Gasteiger partial charge in [-0.15, -0.1) is 0 Å².